The van der Waals surface area contributed by atoms with Gasteiger partial charge in [0.25, 0.3) is 5.91 Å². The van der Waals surface area contributed by atoms with Crippen LogP contribution in [-0.2, 0) is 17.1 Å². The van der Waals surface area contributed by atoms with Crippen molar-refractivity contribution < 1.29 is 13.2 Å². The first-order valence-electron chi connectivity index (χ1n) is 8.04. The van der Waals surface area contributed by atoms with E-state index in [-0.39, 0.29) is 10.8 Å². The summed E-state index contributed by atoms with van der Waals surface area (Å²) in [5.41, 5.74) is 0.344. The number of carbonyl (C=O) groups excluding carboxylic acids is 1. The zero-order valence-electron chi connectivity index (χ0n) is 13.8. The van der Waals surface area contributed by atoms with Gasteiger partial charge in [-0.3, -0.25) is 4.79 Å². The van der Waals surface area contributed by atoms with Gasteiger partial charge in [0.05, 0.1) is 0 Å². The lowest BCUT2D eigenvalue weighted by Crippen LogP contribution is -2.33. The minimum atomic E-state index is -3.53. The highest BCUT2D eigenvalue weighted by molar-refractivity contribution is 7.89. The van der Waals surface area contributed by atoms with Crippen LogP contribution in [0, 0.1) is 0 Å². The number of rotatable bonds is 7. The Labute approximate surface area is 138 Å². The molecule has 23 heavy (non-hydrogen) atoms. The Kier molecular flexibility index (Phi) is 6.20. The second kappa shape index (κ2) is 7.94. The Morgan fingerprint density at radius 1 is 1.26 bits per heavy atom. The largest absolute Gasteiger partial charge is 0.351 e. The molecule has 1 saturated heterocycles. The molecule has 1 aromatic rings. The summed E-state index contributed by atoms with van der Waals surface area (Å²) in [6.07, 6.45) is 6.18. The number of aryl methyl sites for hydroxylation is 1. The molecule has 0 aliphatic carbocycles. The van der Waals surface area contributed by atoms with E-state index in [0.29, 0.717) is 12.2 Å². The molecule has 0 saturated carbocycles. The van der Waals surface area contributed by atoms with Crippen molar-refractivity contribution in [3.05, 3.63) is 18.0 Å². The summed E-state index contributed by atoms with van der Waals surface area (Å²) in [7, 11) is -0.517. The van der Waals surface area contributed by atoms with Crippen LogP contribution >= 0.6 is 0 Å². The summed E-state index contributed by atoms with van der Waals surface area (Å²) < 4.78 is 27.3. The fraction of sp³-hybridized carbons (Fsp3) is 0.667. The van der Waals surface area contributed by atoms with E-state index in [0.717, 1.165) is 26.1 Å². The highest BCUT2D eigenvalue weighted by atomic mass is 32.2. The van der Waals surface area contributed by atoms with Gasteiger partial charge >= 0.3 is 0 Å². The Hall–Kier alpha value is -1.38. The maximum atomic E-state index is 12.2. The third kappa shape index (κ3) is 4.79. The third-order valence-electron chi connectivity index (χ3n) is 4.18. The lowest BCUT2D eigenvalue weighted by atomic mass is 10.1. The van der Waals surface area contributed by atoms with Crippen molar-refractivity contribution >= 4 is 15.9 Å². The van der Waals surface area contributed by atoms with Crippen molar-refractivity contribution in [1.82, 2.24) is 19.5 Å². The van der Waals surface area contributed by atoms with Crippen LogP contribution in [0.4, 0.5) is 0 Å². The van der Waals surface area contributed by atoms with Crippen LogP contribution < -0.4 is 10.0 Å². The molecule has 1 aliphatic heterocycles. The lowest BCUT2D eigenvalue weighted by Gasteiger charge is -2.26. The van der Waals surface area contributed by atoms with Crippen LogP contribution in [0.5, 0.6) is 0 Å². The molecule has 0 aromatic carbocycles. The maximum absolute atomic E-state index is 12.2. The number of hydrogen-bond acceptors (Lipinski definition) is 4. The summed E-state index contributed by atoms with van der Waals surface area (Å²) in [6.45, 7) is 3.88. The Morgan fingerprint density at radius 3 is 2.61 bits per heavy atom. The van der Waals surface area contributed by atoms with Gasteiger partial charge < -0.3 is 14.8 Å². The molecule has 0 spiro atoms. The normalized spacial score (nSPS) is 16.4. The molecule has 0 unspecified atom stereocenters. The Bertz CT molecular complexity index is 633. The molecule has 130 valence electrons. The van der Waals surface area contributed by atoms with E-state index in [2.05, 4.69) is 14.9 Å². The average molecular weight is 342 g/mol. The predicted octanol–water partition coefficient (Wildman–Crippen LogP) is 0.539. The van der Waals surface area contributed by atoms with Crippen LogP contribution in [0.1, 0.15) is 36.2 Å². The first-order valence-corrected chi connectivity index (χ1v) is 9.53. The second-order valence-corrected chi connectivity index (χ2v) is 7.78. The van der Waals surface area contributed by atoms with Crippen molar-refractivity contribution in [2.24, 2.45) is 7.05 Å². The van der Waals surface area contributed by atoms with Crippen molar-refractivity contribution in [2.75, 3.05) is 33.2 Å². The predicted molar refractivity (Wildman–Crippen MR) is 88.9 cm³/mol. The van der Waals surface area contributed by atoms with Gasteiger partial charge in [0.1, 0.15) is 10.6 Å². The van der Waals surface area contributed by atoms with E-state index in [1.807, 2.05) is 0 Å². The smallest absolute Gasteiger partial charge is 0.267 e. The molecular weight excluding hydrogens is 316 g/mol. The van der Waals surface area contributed by atoms with E-state index in [9.17, 15) is 13.2 Å². The van der Waals surface area contributed by atoms with Crippen molar-refractivity contribution in [1.29, 1.82) is 0 Å². The summed E-state index contributed by atoms with van der Waals surface area (Å²) in [5, 5.41) is 2.86. The molecule has 1 fully saturated rings. The number of hydrogen-bond donors (Lipinski definition) is 2. The fourth-order valence-electron chi connectivity index (χ4n) is 2.80. The maximum Gasteiger partial charge on any atom is 0.267 e. The number of sulfonamides is 1. The summed E-state index contributed by atoms with van der Waals surface area (Å²) in [6, 6.07) is 1.39. The van der Waals surface area contributed by atoms with Gasteiger partial charge in [-0.1, -0.05) is 6.42 Å². The molecule has 8 heteroatoms. The lowest BCUT2D eigenvalue weighted by molar-refractivity contribution is 0.0943. The van der Waals surface area contributed by atoms with Gasteiger partial charge in [-0.05, 0) is 52.0 Å². The molecular formula is C15H26N4O3S. The third-order valence-corrected chi connectivity index (χ3v) is 5.56. The fourth-order valence-corrected chi connectivity index (χ4v) is 3.60. The minimum absolute atomic E-state index is 0.0981. The van der Waals surface area contributed by atoms with Crippen LogP contribution in [-0.4, -0.2) is 57.0 Å². The molecule has 0 radical (unpaired) electrons. The number of piperidine rings is 1. The summed E-state index contributed by atoms with van der Waals surface area (Å²) in [5.74, 6) is -0.247. The first kappa shape index (κ1) is 18.0. The van der Waals surface area contributed by atoms with Gasteiger partial charge in [-0.25, -0.2) is 13.1 Å². The Balaban J connectivity index is 1.83. The summed E-state index contributed by atoms with van der Waals surface area (Å²) in [4.78, 5) is 14.7. The van der Waals surface area contributed by atoms with Crippen molar-refractivity contribution in [3.8, 4) is 0 Å². The number of likely N-dealkylation sites (tertiary alicyclic amines) is 1. The number of nitrogens with zero attached hydrogens (tertiary/aromatic N) is 2. The second-order valence-electron chi connectivity index (χ2n) is 5.89. The number of nitrogens with one attached hydrogen (secondary N) is 2. The van der Waals surface area contributed by atoms with Crippen LogP contribution in [0.15, 0.2) is 17.2 Å². The molecule has 2 rings (SSSR count). The van der Waals surface area contributed by atoms with E-state index < -0.39 is 10.0 Å². The average Bonchev–Trinajstić information content (AvgIpc) is 2.95. The van der Waals surface area contributed by atoms with Gasteiger partial charge in [0.15, 0.2) is 0 Å². The zero-order valence-corrected chi connectivity index (χ0v) is 14.7. The molecule has 1 amide bonds. The Morgan fingerprint density at radius 2 is 1.96 bits per heavy atom. The van der Waals surface area contributed by atoms with Crippen molar-refractivity contribution in [2.45, 2.75) is 30.6 Å². The van der Waals surface area contributed by atoms with Gasteiger partial charge in [-0.2, -0.15) is 0 Å². The number of carbonyl (C=O) groups is 1. The number of aromatic nitrogens is 1. The van der Waals surface area contributed by atoms with Crippen LogP contribution in [0.3, 0.4) is 0 Å². The summed E-state index contributed by atoms with van der Waals surface area (Å²) >= 11 is 0. The van der Waals surface area contributed by atoms with Crippen LogP contribution in [0.25, 0.3) is 0 Å². The standard InChI is InChI=1S/C15H26N4O3S/c1-16-23(21,22)13-11-14(18(2)12-13)15(20)17-7-6-10-19-8-4-3-5-9-19/h11-12,16H,3-10H2,1-2H3,(H,17,20). The van der Waals surface area contributed by atoms with Gasteiger partial charge in [-0.15, -0.1) is 0 Å². The zero-order chi connectivity index (χ0) is 16.9. The highest BCUT2D eigenvalue weighted by Gasteiger charge is 2.19. The molecule has 2 heterocycles. The van der Waals surface area contributed by atoms with Crippen LogP contribution in [0.2, 0.25) is 0 Å². The molecule has 0 atom stereocenters. The van der Waals surface area contributed by atoms with Gasteiger partial charge in [0, 0.05) is 19.8 Å². The SMILES string of the molecule is CNS(=O)(=O)c1cc(C(=O)NCCCN2CCCCC2)n(C)c1. The van der Waals surface area contributed by atoms with Crippen molar-refractivity contribution in [3.63, 3.8) is 0 Å². The van der Waals surface area contributed by atoms with E-state index in [1.54, 1.807) is 7.05 Å². The minimum Gasteiger partial charge on any atom is -0.351 e. The molecule has 1 aromatic heterocycles. The highest BCUT2D eigenvalue weighted by Crippen LogP contribution is 2.13. The first-order chi connectivity index (χ1) is 10.9. The van der Waals surface area contributed by atoms with Gasteiger partial charge in [0.2, 0.25) is 10.0 Å². The molecule has 0 bridgehead atoms. The molecule has 2 N–H and O–H groups in total. The van der Waals surface area contributed by atoms with E-state index in [1.165, 1.54) is 43.1 Å². The van der Waals surface area contributed by atoms with E-state index in [4.69, 9.17) is 0 Å². The monoisotopic (exact) mass is 342 g/mol. The number of amides is 1. The quantitative estimate of drug-likeness (QED) is 0.709. The molecule has 7 nitrogen and oxygen atoms in total. The topological polar surface area (TPSA) is 83.4 Å². The van der Waals surface area contributed by atoms with E-state index >= 15 is 0 Å². The molecule has 1 aliphatic rings.